The van der Waals surface area contributed by atoms with Gasteiger partial charge in [0.05, 0.1) is 0 Å². The molecule has 0 spiro atoms. The predicted octanol–water partition coefficient (Wildman–Crippen LogP) is 5.90. The second-order valence-electron chi connectivity index (χ2n) is 6.45. The number of allylic oxidation sites excluding steroid dienone is 1. The summed E-state index contributed by atoms with van der Waals surface area (Å²) in [7, 11) is 0. The average molecular weight is 548 g/mol. The van der Waals surface area contributed by atoms with Crippen molar-refractivity contribution < 1.29 is 88.8 Å². The summed E-state index contributed by atoms with van der Waals surface area (Å²) in [6, 6.07) is 0. The molecule has 0 fully saturated rings. The van der Waals surface area contributed by atoms with E-state index in [0.29, 0.717) is 0 Å². The minimum absolute atomic E-state index is 3.01. The van der Waals surface area contributed by atoms with Gasteiger partial charge in [-0.05, 0) is 0 Å². The van der Waals surface area contributed by atoms with Gasteiger partial charge in [0.1, 0.15) is 6.61 Å². The third kappa shape index (κ3) is 5.34. The second-order valence-corrected chi connectivity index (χ2v) is 6.45. The Balaban J connectivity index is 3.58. The summed E-state index contributed by atoms with van der Waals surface area (Å²) in [4.78, 5) is 0. The molecular weight excluding hydrogens is 539 g/mol. The molecule has 1 aliphatic rings. The average Bonchev–Trinajstić information content (AvgIpc) is 2.77. The van der Waals surface area contributed by atoms with Crippen LogP contribution in [0.15, 0.2) is 11.5 Å². The molecule has 0 aliphatic heterocycles. The maximum absolute atomic E-state index is 14.8. The molecule has 20 heteroatoms. The van der Waals surface area contributed by atoms with Crippen LogP contribution in [-0.2, 0) is 14.2 Å². The lowest BCUT2D eigenvalue weighted by atomic mass is 10.1. The number of halogens is 17. The highest BCUT2D eigenvalue weighted by Gasteiger charge is 2.83. The second kappa shape index (κ2) is 9.29. The lowest BCUT2D eigenvalue weighted by Gasteiger charge is -2.32. The first-order chi connectivity index (χ1) is 15.0. The lowest BCUT2D eigenvalue weighted by Crippen LogP contribution is -2.55. The molecule has 0 amide bonds. The third-order valence-electron chi connectivity index (χ3n) is 3.82. The highest BCUT2D eigenvalue weighted by molar-refractivity contribution is 5.34. The molecule has 0 radical (unpaired) electrons. The van der Waals surface area contributed by atoms with Crippen LogP contribution >= 0.6 is 0 Å². The Labute approximate surface area is 176 Å². The summed E-state index contributed by atoms with van der Waals surface area (Å²) in [5, 5.41) is 0. The molecule has 0 saturated heterocycles. The van der Waals surface area contributed by atoms with Gasteiger partial charge in [0.25, 0.3) is 0 Å². The molecule has 0 bridgehead atoms. The minimum Gasteiger partial charge on any atom is -0.482 e. The van der Waals surface area contributed by atoms with Gasteiger partial charge in [-0.2, -0.15) is 48.3 Å². The minimum atomic E-state index is -6.66. The molecule has 34 heavy (non-hydrogen) atoms. The Hall–Kier alpha value is -1.89. The first-order valence-electron chi connectivity index (χ1n) is 8.04. The largest absolute Gasteiger partial charge is 0.482 e. The monoisotopic (exact) mass is 548 g/mol. The molecule has 0 saturated carbocycles. The van der Waals surface area contributed by atoms with Crippen LogP contribution in [0.5, 0.6) is 0 Å². The van der Waals surface area contributed by atoms with E-state index in [9.17, 15) is 74.6 Å². The van der Waals surface area contributed by atoms with Gasteiger partial charge in [0, 0.05) is 0 Å². The van der Waals surface area contributed by atoms with Gasteiger partial charge in [0.2, 0.25) is 11.5 Å². The summed E-state index contributed by atoms with van der Waals surface area (Å²) in [5.74, 6) is -42.1. The summed E-state index contributed by atoms with van der Waals surface area (Å²) in [5.41, 5.74) is 0. The summed E-state index contributed by atoms with van der Waals surface area (Å²) in [6.45, 7) is -9.23. The fourth-order valence-corrected chi connectivity index (χ4v) is 1.97. The van der Waals surface area contributed by atoms with Crippen molar-refractivity contribution in [2.75, 3.05) is 19.8 Å². The van der Waals surface area contributed by atoms with E-state index in [2.05, 4.69) is 14.2 Å². The Morgan fingerprint density at radius 3 is 1.24 bits per heavy atom. The van der Waals surface area contributed by atoms with Gasteiger partial charge < -0.3 is 14.2 Å². The van der Waals surface area contributed by atoms with Crippen LogP contribution < -0.4 is 0 Å². The molecule has 0 N–H and O–H groups in total. The molecule has 0 aromatic rings. The van der Waals surface area contributed by atoms with Crippen molar-refractivity contribution in [1.82, 2.24) is 0 Å². The first-order valence-corrected chi connectivity index (χ1v) is 8.04. The molecule has 0 aromatic carbocycles. The van der Waals surface area contributed by atoms with Crippen molar-refractivity contribution in [2.45, 2.75) is 54.7 Å². The van der Waals surface area contributed by atoms with Crippen LogP contribution in [0.2, 0.25) is 0 Å². The van der Waals surface area contributed by atoms with Gasteiger partial charge in [-0.1, -0.05) is 0 Å². The summed E-state index contributed by atoms with van der Waals surface area (Å²) < 4.78 is 232. The normalized spacial score (nSPS) is 23.4. The molecule has 202 valence electrons. The summed E-state index contributed by atoms with van der Waals surface area (Å²) >= 11 is 0. The molecule has 1 rings (SSSR count). The molecule has 1 aliphatic carbocycles. The topological polar surface area (TPSA) is 27.7 Å². The van der Waals surface area contributed by atoms with Crippen LogP contribution in [0.1, 0.15) is 0 Å². The van der Waals surface area contributed by atoms with E-state index in [1.165, 1.54) is 0 Å². The van der Waals surface area contributed by atoms with E-state index in [1.54, 1.807) is 0 Å². The van der Waals surface area contributed by atoms with Crippen molar-refractivity contribution in [3.63, 3.8) is 0 Å². The van der Waals surface area contributed by atoms with E-state index < -0.39 is 86.1 Å². The molecule has 0 heterocycles. The Morgan fingerprint density at radius 1 is 0.559 bits per heavy atom. The van der Waals surface area contributed by atoms with Crippen LogP contribution in [0.25, 0.3) is 0 Å². The van der Waals surface area contributed by atoms with E-state index in [-0.39, 0.29) is 0 Å². The van der Waals surface area contributed by atoms with Gasteiger partial charge in [-0.25, -0.2) is 26.3 Å². The van der Waals surface area contributed by atoms with Gasteiger partial charge in [-0.15, -0.1) is 0 Å². The first kappa shape index (κ1) is 30.1. The molecule has 1 unspecified atom stereocenters. The number of hydrogen-bond donors (Lipinski definition) is 0. The quantitative estimate of drug-likeness (QED) is 0.285. The van der Waals surface area contributed by atoms with Gasteiger partial charge in [-0.3, -0.25) is 0 Å². The zero-order chi connectivity index (χ0) is 27.1. The number of alkyl halides is 17. The number of hydrogen-bond acceptors (Lipinski definition) is 3. The zero-order valence-corrected chi connectivity index (χ0v) is 15.5. The maximum atomic E-state index is 14.8. The number of ether oxygens (including phenoxy) is 3. The van der Waals surface area contributed by atoms with Crippen LogP contribution in [-0.4, -0.2) is 74.6 Å². The van der Waals surface area contributed by atoms with Crippen molar-refractivity contribution in [3.05, 3.63) is 11.5 Å². The SMILES string of the molecule is FC(F)C(F)(F)COC1=C(OCC(F)(F)C(F)F)C(F)(OCC(F)(F)C(F)F)C(F)(F)C1(F)F. The third-order valence-corrected chi connectivity index (χ3v) is 3.82. The van der Waals surface area contributed by atoms with E-state index >= 15 is 0 Å². The van der Waals surface area contributed by atoms with Crippen molar-refractivity contribution in [1.29, 1.82) is 0 Å². The van der Waals surface area contributed by atoms with Gasteiger partial charge >= 0.3 is 54.7 Å². The van der Waals surface area contributed by atoms with E-state index in [1.807, 2.05) is 0 Å². The van der Waals surface area contributed by atoms with Crippen LogP contribution in [0.3, 0.4) is 0 Å². The molecule has 0 aromatic heterocycles. The smallest absolute Gasteiger partial charge is 0.382 e. The predicted molar refractivity (Wildman–Crippen MR) is 71.5 cm³/mol. The zero-order valence-electron chi connectivity index (χ0n) is 15.5. The fourth-order valence-electron chi connectivity index (χ4n) is 1.97. The molecular formula is C14H9F17O3. The highest BCUT2D eigenvalue weighted by atomic mass is 19.3. The van der Waals surface area contributed by atoms with Gasteiger partial charge in [0.15, 0.2) is 13.2 Å². The van der Waals surface area contributed by atoms with E-state index in [0.717, 1.165) is 0 Å². The van der Waals surface area contributed by atoms with Crippen LogP contribution in [0, 0.1) is 0 Å². The number of rotatable bonds is 12. The molecule has 1 atom stereocenters. The standard InChI is InChI=1S/C14H9F17O3/c15-6(16)9(21,22)1-32-4-5(33-2-10(23,24)7(17)18)13(29,14(30,31)12(4,27)28)34-3-11(25,26)8(19)20/h6-8H,1-3H2. The molecule has 3 nitrogen and oxygen atoms in total. The Kier molecular flexibility index (Phi) is 8.23. The van der Waals surface area contributed by atoms with Crippen molar-refractivity contribution in [2.24, 2.45) is 0 Å². The maximum Gasteiger partial charge on any atom is 0.382 e. The fraction of sp³-hybridized carbons (Fsp3) is 0.857. The van der Waals surface area contributed by atoms with Crippen molar-refractivity contribution >= 4 is 0 Å². The lowest BCUT2D eigenvalue weighted by molar-refractivity contribution is -0.334. The van der Waals surface area contributed by atoms with Crippen LogP contribution in [0.4, 0.5) is 74.6 Å². The van der Waals surface area contributed by atoms with E-state index in [4.69, 9.17) is 0 Å². The highest BCUT2D eigenvalue weighted by Crippen LogP contribution is 2.60. The summed E-state index contributed by atoms with van der Waals surface area (Å²) in [6.07, 6.45) is -14.3. The Morgan fingerprint density at radius 2 is 0.882 bits per heavy atom. The van der Waals surface area contributed by atoms with Crippen molar-refractivity contribution in [3.8, 4) is 0 Å². The Bertz CT molecular complexity index is 750.